The summed E-state index contributed by atoms with van der Waals surface area (Å²) in [4.78, 5) is 36.4. The van der Waals surface area contributed by atoms with E-state index in [1.165, 1.54) is 0 Å². The van der Waals surface area contributed by atoms with Crippen molar-refractivity contribution in [3.63, 3.8) is 0 Å². The van der Waals surface area contributed by atoms with E-state index in [-0.39, 0.29) is 5.56 Å². The molecule has 2 heterocycles. The lowest BCUT2D eigenvalue weighted by Gasteiger charge is -2.14. The molecule has 0 radical (unpaired) electrons. The molecule has 8 heteroatoms. The first-order valence-corrected chi connectivity index (χ1v) is 14.0. The molecule has 6 rings (SSSR count). The van der Waals surface area contributed by atoms with Crippen molar-refractivity contribution in [2.24, 2.45) is 4.99 Å². The first kappa shape index (κ1) is 27.5. The van der Waals surface area contributed by atoms with E-state index in [9.17, 15) is 14.7 Å². The number of nitrogens with one attached hydrogen (secondary N) is 2. The quantitative estimate of drug-likeness (QED) is 0.194. The van der Waals surface area contributed by atoms with Crippen LogP contribution in [0.1, 0.15) is 27.8 Å². The third kappa shape index (κ3) is 5.90. The number of fused-ring (bicyclic) bond motifs is 1. The zero-order valence-corrected chi connectivity index (χ0v) is 23.6. The lowest BCUT2D eigenvalue weighted by molar-refractivity contribution is 0.306. The monoisotopic (exact) mass is 570 g/mol. The highest BCUT2D eigenvalue weighted by atomic mass is 16.5. The van der Waals surface area contributed by atoms with Crippen molar-refractivity contribution < 1.29 is 9.84 Å². The average Bonchev–Trinajstić information content (AvgIpc) is 3.43. The molecule has 0 fully saturated rings. The summed E-state index contributed by atoms with van der Waals surface area (Å²) in [7, 11) is 0. The zero-order chi connectivity index (χ0) is 29.8. The number of H-pyrrole nitrogens is 2. The number of hydrogen-bond donors (Lipinski definition) is 3. The van der Waals surface area contributed by atoms with Crippen molar-refractivity contribution >= 4 is 16.6 Å². The molecule has 0 aliphatic rings. The highest BCUT2D eigenvalue weighted by Crippen LogP contribution is 2.26. The van der Waals surface area contributed by atoms with E-state index in [2.05, 4.69) is 9.97 Å². The number of rotatable bonds is 9. The first-order valence-electron chi connectivity index (χ1n) is 14.0. The zero-order valence-electron chi connectivity index (χ0n) is 23.6. The molecule has 3 N–H and O–H groups in total. The highest BCUT2D eigenvalue weighted by molar-refractivity contribution is 6.14. The van der Waals surface area contributed by atoms with Crippen molar-refractivity contribution in [2.75, 3.05) is 6.54 Å². The van der Waals surface area contributed by atoms with Gasteiger partial charge in [0, 0.05) is 29.2 Å². The summed E-state index contributed by atoms with van der Waals surface area (Å²) in [5.41, 5.74) is 3.98. The number of ether oxygens (including phenoxy) is 1. The maximum absolute atomic E-state index is 13.2. The number of benzene rings is 4. The van der Waals surface area contributed by atoms with Gasteiger partial charge in [-0.15, -0.1) is 0 Å². The summed E-state index contributed by atoms with van der Waals surface area (Å²) >= 11 is 0. The number of nitrogens with zero attached hydrogens (tertiary/aromatic N) is 2. The van der Waals surface area contributed by atoms with Gasteiger partial charge in [-0.1, -0.05) is 78.4 Å². The molecule has 4 aromatic carbocycles. The summed E-state index contributed by atoms with van der Waals surface area (Å²) < 4.78 is 7.13. The minimum Gasteiger partial charge on any atom is -0.493 e. The van der Waals surface area contributed by atoms with E-state index in [4.69, 9.17) is 9.73 Å². The van der Waals surface area contributed by atoms with Gasteiger partial charge in [0.15, 0.2) is 0 Å². The van der Waals surface area contributed by atoms with Gasteiger partial charge in [-0.25, -0.2) is 9.36 Å². The molecule has 0 saturated carbocycles. The van der Waals surface area contributed by atoms with E-state index < -0.39 is 17.1 Å². The second kappa shape index (κ2) is 12.1. The molecule has 0 atom stereocenters. The molecular weight excluding hydrogens is 540 g/mol. The predicted octanol–water partition coefficient (Wildman–Crippen LogP) is 5.68. The van der Waals surface area contributed by atoms with Gasteiger partial charge in [0.25, 0.3) is 5.56 Å². The van der Waals surface area contributed by atoms with Crippen LogP contribution in [0.15, 0.2) is 124 Å². The Morgan fingerprint density at radius 1 is 0.907 bits per heavy atom. The van der Waals surface area contributed by atoms with Crippen LogP contribution in [-0.4, -0.2) is 31.9 Å². The van der Waals surface area contributed by atoms with Crippen LogP contribution in [-0.2, 0) is 13.0 Å². The Morgan fingerprint density at radius 2 is 1.63 bits per heavy atom. The largest absolute Gasteiger partial charge is 0.493 e. The lowest BCUT2D eigenvalue weighted by Crippen LogP contribution is -2.33. The summed E-state index contributed by atoms with van der Waals surface area (Å²) in [5, 5.41) is 12.4. The molecule has 0 spiro atoms. The van der Waals surface area contributed by atoms with Crippen molar-refractivity contribution in [3.05, 3.63) is 158 Å². The van der Waals surface area contributed by atoms with Gasteiger partial charge in [-0.2, -0.15) is 0 Å². The molecule has 0 amide bonds. The maximum Gasteiger partial charge on any atom is 0.335 e. The van der Waals surface area contributed by atoms with E-state index in [0.29, 0.717) is 36.5 Å². The number of aromatic hydroxyl groups is 1. The molecule has 8 nitrogen and oxygen atoms in total. The van der Waals surface area contributed by atoms with Gasteiger partial charge < -0.3 is 14.8 Å². The third-order valence-electron chi connectivity index (χ3n) is 7.30. The SMILES string of the molecule is Cc1ccc(-n2c(O)c(C(=NCCc3c[nH]c4ccc(OCc5ccccc5)cc34)c3ccccc3)c(=O)[nH]c2=O)cc1. The number of aryl methyl sites for hydroxylation is 1. The number of hydrogen-bond acceptors (Lipinski definition) is 5. The Labute approximate surface area is 247 Å². The van der Waals surface area contributed by atoms with Crippen LogP contribution in [0.5, 0.6) is 11.6 Å². The standard InChI is InChI=1S/C35H30N4O4/c1-23-12-14-27(15-13-23)39-34(41)31(33(40)38-35(39)42)32(25-10-6-3-7-11-25)36-19-18-26-21-37-30-17-16-28(20-29(26)30)43-22-24-8-4-2-5-9-24/h2-17,20-21,37,41H,18-19,22H2,1H3,(H,38,40,42). The third-order valence-corrected chi connectivity index (χ3v) is 7.30. The summed E-state index contributed by atoms with van der Waals surface area (Å²) in [5.74, 6) is 0.299. The van der Waals surface area contributed by atoms with Gasteiger partial charge in [0.2, 0.25) is 5.88 Å². The molecule has 0 saturated heterocycles. The molecule has 6 aromatic rings. The summed E-state index contributed by atoms with van der Waals surface area (Å²) in [6.45, 7) is 2.73. The van der Waals surface area contributed by atoms with Crippen LogP contribution >= 0.6 is 0 Å². The maximum atomic E-state index is 13.2. The second-order valence-electron chi connectivity index (χ2n) is 10.3. The van der Waals surface area contributed by atoms with Crippen molar-refractivity contribution in [2.45, 2.75) is 20.0 Å². The normalized spacial score (nSPS) is 11.6. The Balaban J connectivity index is 1.33. The highest BCUT2D eigenvalue weighted by Gasteiger charge is 2.21. The van der Waals surface area contributed by atoms with Crippen molar-refractivity contribution in [1.29, 1.82) is 0 Å². The van der Waals surface area contributed by atoms with Crippen LogP contribution < -0.4 is 16.0 Å². The van der Waals surface area contributed by atoms with E-state index in [1.807, 2.05) is 104 Å². The fourth-order valence-corrected chi connectivity index (χ4v) is 5.07. The Morgan fingerprint density at radius 3 is 2.37 bits per heavy atom. The fraction of sp³-hybridized carbons (Fsp3) is 0.114. The minimum absolute atomic E-state index is 0.0677. The Hall–Kier alpha value is -5.63. The van der Waals surface area contributed by atoms with Crippen LogP contribution in [0, 0.1) is 6.92 Å². The molecule has 43 heavy (non-hydrogen) atoms. The molecule has 0 aliphatic heterocycles. The fourth-order valence-electron chi connectivity index (χ4n) is 5.07. The van der Waals surface area contributed by atoms with Crippen LogP contribution in [0.25, 0.3) is 16.6 Å². The Bertz CT molecular complexity index is 2020. The molecular formula is C35H30N4O4. The summed E-state index contributed by atoms with van der Waals surface area (Å²) in [6, 6.07) is 32.2. The predicted molar refractivity (Wildman–Crippen MR) is 169 cm³/mol. The Kier molecular flexibility index (Phi) is 7.74. The van der Waals surface area contributed by atoms with E-state index >= 15 is 0 Å². The lowest BCUT2D eigenvalue weighted by atomic mass is 10.0. The van der Waals surface area contributed by atoms with Gasteiger partial charge in [0.1, 0.15) is 17.9 Å². The average molecular weight is 571 g/mol. The van der Waals surface area contributed by atoms with Crippen LogP contribution in [0.3, 0.4) is 0 Å². The smallest absolute Gasteiger partial charge is 0.335 e. The first-order chi connectivity index (χ1) is 21.0. The number of aromatic nitrogens is 3. The van der Waals surface area contributed by atoms with Gasteiger partial charge in [0.05, 0.1) is 11.4 Å². The number of aliphatic imine (C=N–C) groups is 1. The second-order valence-corrected chi connectivity index (χ2v) is 10.3. The molecule has 0 bridgehead atoms. The topological polar surface area (TPSA) is 112 Å². The molecule has 0 aliphatic carbocycles. The van der Waals surface area contributed by atoms with Gasteiger partial charge in [-0.05, 0) is 54.8 Å². The van der Waals surface area contributed by atoms with Crippen LogP contribution in [0.4, 0.5) is 0 Å². The van der Waals surface area contributed by atoms with Crippen molar-refractivity contribution in [3.8, 4) is 17.3 Å². The van der Waals surface area contributed by atoms with Gasteiger partial charge in [-0.3, -0.25) is 14.8 Å². The molecule has 2 aromatic heterocycles. The van der Waals surface area contributed by atoms with E-state index in [1.54, 1.807) is 12.1 Å². The van der Waals surface area contributed by atoms with E-state index in [0.717, 1.165) is 37.9 Å². The van der Waals surface area contributed by atoms with Crippen molar-refractivity contribution in [1.82, 2.24) is 14.5 Å². The molecule has 214 valence electrons. The van der Waals surface area contributed by atoms with Crippen LogP contribution in [0.2, 0.25) is 0 Å². The minimum atomic E-state index is -0.730. The van der Waals surface area contributed by atoms with Gasteiger partial charge >= 0.3 is 5.69 Å². The molecule has 0 unspecified atom stereocenters. The number of aromatic amines is 2. The summed E-state index contributed by atoms with van der Waals surface area (Å²) in [6.07, 6.45) is 2.51.